The van der Waals surface area contributed by atoms with Crippen LogP contribution in [-0.2, 0) is 17.6 Å². The number of carbonyl (C=O) groups excluding carboxylic acids is 1. The van der Waals surface area contributed by atoms with Crippen LogP contribution in [0.1, 0.15) is 23.3 Å². The molecule has 1 amide bonds. The van der Waals surface area contributed by atoms with Crippen LogP contribution in [0.15, 0.2) is 82.7 Å². The first-order valence-electron chi connectivity index (χ1n) is 11.7. The summed E-state index contributed by atoms with van der Waals surface area (Å²) in [5, 5.41) is 6.48. The van der Waals surface area contributed by atoms with Crippen LogP contribution in [0.5, 0.6) is 0 Å². The van der Waals surface area contributed by atoms with E-state index in [4.69, 9.17) is 4.98 Å². The van der Waals surface area contributed by atoms with Crippen LogP contribution in [-0.4, -0.2) is 21.2 Å². The van der Waals surface area contributed by atoms with Crippen molar-refractivity contribution < 1.29 is 4.79 Å². The lowest BCUT2D eigenvalue weighted by Gasteiger charge is -2.13. The van der Waals surface area contributed by atoms with Crippen molar-refractivity contribution >= 4 is 55.7 Å². The van der Waals surface area contributed by atoms with Crippen molar-refractivity contribution in [1.82, 2.24) is 9.55 Å². The fraction of sp³-hybridized carbons (Fsp3) is 0.179. The summed E-state index contributed by atoms with van der Waals surface area (Å²) in [5.41, 5.74) is 2.64. The lowest BCUT2D eigenvalue weighted by molar-refractivity contribution is -0.113. The molecular weight excluding hydrogens is 474 g/mol. The monoisotopic (exact) mass is 497 g/mol. The molecule has 35 heavy (non-hydrogen) atoms. The SMILES string of the molecule is O=C(CSc1nc2sc3c(c2c(=O)n1-c1ccccc1)CCCC3)Nc1ccc2ccccc2c1. The molecule has 3 aromatic carbocycles. The average Bonchev–Trinajstić information content (AvgIpc) is 3.27. The number of nitrogens with one attached hydrogen (secondary N) is 1. The fourth-order valence-electron chi connectivity index (χ4n) is 4.68. The van der Waals surface area contributed by atoms with Crippen LogP contribution >= 0.6 is 23.1 Å². The Kier molecular flexibility index (Phi) is 5.88. The normalized spacial score (nSPS) is 13.1. The molecule has 0 saturated carbocycles. The number of hydrogen-bond donors (Lipinski definition) is 1. The number of para-hydroxylation sites is 1. The van der Waals surface area contributed by atoms with Gasteiger partial charge in [-0.25, -0.2) is 4.98 Å². The van der Waals surface area contributed by atoms with Crippen molar-refractivity contribution in [2.45, 2.75) is 30.8 Å². The van der Waals surface area contributed by atoms with Gasteiger partial charge in [0.1, 0.15) is 4.83 Å². The Bertz CT molecular complexity index is 1620. The molecule has 0 radical (unpaired) electrons. The molecule has 0 spiro atoms. The van der Waals surface area contributed by atoms with Crippen molar-refractivity contribution in [2.75, 3.05) is 11.1 Å². The third-order valence-electron chi connectivity index (χ3n) is 6.34. The van der Waals surface area contributed by atoms with Gasteiger partial charge in [-0.2, -0.15) is 0 Å². The molecule has 0 atom stereocenters. The van der Waals surface area contributed by atoms with Crippen LogP contribution < -0.4 is 10.9 Å². The summed E-state index contributed by atoms with van der Waals surface area (Å²) >= 11 is 2.93. The summed E-state index contributed by atoms with van der Waals surface area (Å²) in [6, 6.07) is 23.5. The maximum absolute atomic E-state index is 13.8. The number of hydrogen-bond acceptors (Lipinski definition) is 5. The summed E-state index contributed by atoms with van der Waals surface area (Å²) < 4.78 is 1.66. The number of amides is 1. The Hall–Kier alpha value is -3.42. The number of rotatable bonds is 5. The lowest BCUT2D eigenvalue weighted by atomic mass is 9.97. The van der Waals surface area contributed by atoms with Gasteiger partial charge in [-0.15, -0.1) is 11.3 Å². The second kappa shape index (κ2) is 9.32. The molecule has 0 saturated heterocycles. The maximum Gasteiger partial charge on any atom is 0.267 e. The predicted molar refractivity (Wildman–Crippen MR) is 145 cm³/mol. The van der Waals surface area contributed by atoms with Crippen LogP contribution in [0.4, 0.5) is 5.69 Å². The number of thiophene rings is 1. The van der Waals surface area contributed by atoms with Crippen LogP contribution in [0.25, 0.3) is 26.7 Å². The molecule has 1 aliphatic rings. The Morgan fingerprint density at radius 2 is 1.74 bits per heavy atom. The van der Waals surface area contributed by atoms with E-state index in [9.17, 15) is 9.59 Å². The minimum Gasteiger partial charge on any atom is -0.325 e. The van der Waals surface area contributed by atoms with Crippen LogP contribution in [0, 0.1) is 0 Å². The highest BCUT2D eigenvalue weighted by molar-refractivity contribution is 7.99. The molecule has 5 aromatic rings. The van der Waals surface area contributed by atoms with E-state index in [0.29, 0.717) is 5.16 Å². The molecule has 1 aliphatic carbocycles. The van der Waals surface area contributed by atoms with Crippen molar-refractivity contribution in [2.24, 2.45) is 0 Å². The number of aryl methyl sites for hydroxylation is 2. The zero-order valence-corrected chi connectivity index (χ0v) is 20.6. The van der Waals surface area contributed by atoms with Crippen molar-refractivity contribution in [3.05, 3.63) is 93.6 Å². The maximum atomic E-state index is 13.8. The van der Waals surface area contributed by atoms with Gasteiger partial charge in [0.15, 0.2) is 5.16 Å². The van der Waals surface area contributed by atoms with E-state index in [2.05, 4.69) is 5.32 Å². The van der Waals surface area contributed by atoms with Crippen molar-refractivity contribution in [1.29, 1.82) is 0 Å². The van der Waals surface area contributed by atoms with E-state index < -0.39 is 0 Å². The molecule has 2 heterocycles. The van der Waals surface area contributed by atoms with Gasteiger partial charge in [-0.05, 0) is 66.3 Å². The number of nitrogens with zero attached hydrogens (tertiary/aromatic N) is 2. The van der Waals surface area contributed by atoms with Gasteiger partial charge in [-0.3, -0.25) is 14.2 Å². The van der Waals surface area contributed by atoms with Gasteiger partial charge in [-0.1, -0.05) is 60.3 Å². The lowest BCUT2D eigenvalue weighted by Crippen LogP contribution is -2.23. The van der Waals surface area contributed by atoms with E-state index in [1.54, 1.807) is 15.9 Å². The van der Waals surface area contributed by atoms with Gasteiger partial charge in [0.2, 0.25) is 5.91 Å². The quantitative estimate of drug-likeness (QED) is 0.232. The first-order valence-corrected chi connectivity index (χ1v) is 13.5. The minimum atomic E-state index is -0.135. The van der Waals surface area contributed by atoms with Crippen molar-refractivity contribution in [3.8, 4) is 5.69 Å². The van der Waals surface area contributed by atoms with Gasteiger partial charge < -0.3 is 5.32 Å². The predicted octanol–water partition coefficient (Wildman–Crippen LogP) is 6.21. The molecular formula is C28H23N3O2S2. The molecule has 0 aliphatic heterocycles. The highest BCUT2D eigenvalue weighted by Crippen LogP contribution is 2.35. The molecule has 2 aromatic heterocycles. The number of thioether (sulfide) groups is 1. The zero-order chi connectivity index (χ0) is 23.8. The van der Waals surface area contributed by atoms with Crippen LogP contribution in [0.3, 0.4) is 0 Å². The van der Waals surface area contributed by atoms with Gasteiger partial charge in [0.25, 0.3) is 5.56 Å². The summed E-state index contributed by atoms with van der Waals surface area (Å²) in [4.78, 5) is 33.6. The van der Waals surface area contributed by atoms with E-state index in [1.165, 1.54) is 22.2 Å². The molecule has 6 rings (SSSR count). The average molecular weight is 498 g/mol. The molecule has 0 unspecified atom stereocenters. The van der Waals surface area contributed by atoms with E-state index in [0.717, 1.165) is 58.0 Å². The van der Waals surface area contributed by atoms with E-state index in [1.807, 2.05) is 72.8 Å². The summed E-state index contributed by atoms with van der Waals surface area (Å²) in [7, 11) is 0. The molecule has 0 fully saturated rings. The molecule has 5 nitrogen and oxygen atoms in total. The second-order valence-electron chi connectivity index (χ2n) is 8.66. The Labute approximate surface area is 210 Å². The number of carbonyl (C=O) groups is 1. The third-order valence-corrected chi connectivity index (χ3v) is 8.46. The summed E-state index contributed by atoms with van der Waals surface area (Å²) in [5.74, 6) is 0.0209. The topological polar surface area (TPSA) is 64.0 Å². The minimum absolute atomic E-state index is 0.0435. The second-order valence-corrected chi connectivity index (χ2v) is 10.7. The number of anilines is 1. The summed E-state index contributed by atoms with van der Waals surface area (Å²) in [6.45, 7) is 0. The number of fused-ring (bicyclic) bond motifs is 4. The van der Waals surface area contributed by atoms with E-state index in [-0.39, 0.29) is 17.2 Å². The van der Waals surface area contributed by atoms with Gasteiger partial charge >= 0.3 is 0 Å². The standard InChI is InChI=1S/C28H23N3O2S2/c32-24(29-20-15-14-18-8-4-5-9-19(18)16-20)17-34-28-30-26-25(22-12-6-7-13-23(22)35-26)27(33)31(28)21-10-2-1-3-11-21/h1-5,8-11,14-16H,6-7,12-13,17H2,(H,29,32). The number of benzene rings is 3. The number of aromatic nitrogens is 2. The largest absolute Gasteiger partial charge is 0.325 e. The molecule has 7 heteroatoms. The Morgan fingerprint density at radius 3 is 2.60 bits per heavy atom. The van der Waals surface area contributed by atoms with Crippen LogP contribution in [0.2, 0.25) is 0 Å². The molecule has 174 valence electrons. The highest BCUT2D eigenvalue weighted by atomic mass is 32.2. The highest BCUT2D eigenvalue weighted by Gasteiger charge is 2.23. The van der Waals surface area contributed by atoms with Crippen molar-refractivity contribution in [3.63, 3.8) is 0 Å². The Morgan fingerprint density at radius 1 is 0.971 bits per heavy atom. The first kappa shape index (κ1) is 22.1. The molecule has 1 N–H and O–H groups in total. The first-order chi connectivity index (χ1) is 17.2. The van der Waals surface area contributed by atoms with Gasteiger partial charge in [0, 0.05) is 10.6 Å². The zero-order valence-electron chi connectivity index (χ0n) is 19.0. The smallest absolute Gasteiger partial charge is 0.267 e. The van der Waals surface area contributed by atoms with Gasteiger partial charge in [0.05, 0.1) is 16.8 Å². The molecule has 0 bridgehead atoms. The third kappa shape index (κ3) is 4.26. The Balaban J connectivity index is 1.32. The summed E-state index contributed by atoms with van der Waals surface area (Å²) in [6.07, 6.45) is 4.21. The fourth-order valence-corrected chi connectivity index (χ4v) is 6.80. The van der Waals surface area contributed by atoms with E-state index >= 15 is 0 Å².